The molecule has 5 heteroatoms. The van der Waals surface area contributed by atoms with E-state index >= 15 is 0 Å². The molecule has 3 nitrogen and oxygen atoms in total. The van der Waals surface area contributed by atoms with Crippen molar-refractivity contribution in [3.05, 3.63) is 41.6 Å². The maximum absolute atomic E-state index is 12.6. The van der Waals surface area contributed by atoms with Crippen LogP contribution >= 0.6 is 7.60 Å². The first-order valence-corrected chi connectivity index (χ1v) is 10.9. The molecule has 0 unspecified atom stereocenters. The predicted octanol–water partition coefficient (Wildman–Crippen LogP) is 4.39. The summed E-state index contributed by atoms with van der Waals surface area (Å²) < 4.78 is 22.9. The minimum Gasteiger partial charge on any atom is -0.309 e. The van der Waals surface area contributed by atoms with Crippen LogP contribution in [0.2, 0.25) is 19.6 Å². The Kier molecular flexibility index (Phi) is 5.11. The lowest BCUT2D eigenvalue weighted by molar-refractivity contribution is 0.288. The Morgan fingerprint density at radius 2 is 1.61 bits per heavy atom. The summed E-state index contributed by atoms with van der Waals surface area (Å²) in [5.74, 6) is 0. The third-order valence-corrected chi connectivity index (χ3v) is 5.75. The summed E-state index contributed by atoms with van der Waals surface area (Å²) >= 11 is 0. The first-order chi connectivity index (χ1) is 8.32. The van der Waals surface area contributed by atoms with E-state index in [0.29, 0.717) is 5.31 Å². The van der Waals surface area contributed by atoms with Gasteiger partial charge in [0.05, 0.1) is 13.4 Å². The van der Waals surface area contributed by atoms with E-state index < -0.39 is 15.7 Å². The van der Waals surface area contributed by atoms with Gasteiger partial charge in [0.15, 0.2) is 0 Å². The van der Waals surface area contributed by atoms with Crippen LogP contribution in [-0.4, -0.2) is 22.3 Å². The van der Waals surface area contributed by atoms with Gasteiger partial charge < -0.3 is 9.05 Å². The fourth-order valence-corrected chi connectivity index (χ4v) is 5.40. The maximum atomic E-state index is 12.6. The van der Waals surface area contributed by atoms with Gasteiger partial charge in [-0.25, -0.2) is 0 Å². The lowest BCUT2D eigenvalue weighted by atomic mass is 10.2. The SMILES string of the molecule is COP(=O)(OC)/C(=C/[Si](C)(C)C)c1ccccc1. The molecular formula is C13H21O3PSi. The molecule has 0 aliphatic carbocycles. The summed E-state index contributed by atoms with van der Waals surface area (Å²) in [6, 6.07) is 9.62. The summed E-state index contributed by atoms with van der Waals surface area (Å²) in [5.41, 5.74) is 2.97. The zero-order valence-electron chi connectivity index (χ0n) is 11.6. The van der Waals surface area contributed by atoms with Crippen LogP contribution in [0.4, 0.5) is 0 Å². The molecule has 0 saturated carbocycles. The van der Waals surface area contributed by atoms with Crippen molar-refractivity contribution in [2.24, 2.45) is 0 Å². The van der Waals surface area contributed by atoms with Gasteiger partial charge in [0.1, 0.15) is 0 Å². The van der Waals surface area contributed by atoms with Crippen LogP contribution in [0.1, 0.15) is 5.56 Å². The normalized spacial score (nSPS) is 13.7. The molecule has 0 bridgehead atoms. The Morgan fingerprint density at radius 1 is 1.11 bits per heavy atom. The van der Waals surface area contributed by atoms with Crippen LogP contribution in [0.25, 0.3) is 5.31 Å². The van der Waals surface area contributed by atoms with E-state index in [0.717, 1.165) is 5.56 Å². The van der Waals surface area contributed by atoms with Gasteiger partial charge in [0.25, 0.3) is 0 Å². The second-order valence-corrected chi connectivity index (χ2v) is 12.4. The number of hydrogen-bond acceptors (Lipinski definition) is 3. The Hall–Kier alpha value is -0.673. The van der Waals surface area contributed by atoms with Crippen molar-refractivity contribution in [3.8, 4) is 0 Å². The molecule has 0 amide bonds. The molecule has 0 fully saturated rings. The highest BCUT2D eigenvalue weighted by atomic mass is 31.2. The molecule has 0 aromatic heterocycles. The Balaban J connectivity index is 3.38. The lowest BCUT2D eigenvalue weighted by Gasteiger charge is -2.21. The van der Waals surface area contributed by atoms with Crippen LogP contribution in [0.15, 0.2) is 36.0 Å². The molecule has 0 spiro atoms. The van der Waals surface area contributed by atoms with Crippen molar-refractivity contribution in [2.75, 3.05) is 14.2 Å². The highest BCUT2D eigenvalue weighted by molar-refractivity contribution is 7.65. The third kappa shape index (κ3) is 3.92. The van der Waals surface area contributed by atoms with E-state index in [2.05, 4.69) is 25.3 Å². The van der Waals surface area contributed by atoms with Gasteiger partial charge in [0.2, 0.25) is 0 Å². The van der Waals surface area contributed by atoms with E-state index in [1.54, 1.807) is 0 Å². The number of benzene rings is 1. The van der Waals surface area contributed by atoms with E-state index in [9.17, 15) is 4.57 Å². The summed E-state index contributed by atoms with van der Waals surface area (Å²) in [5, 5.41) is 0.673. The summed E-state index contributed by atoms with van der Waals surface area (Å²) in [6.07, 6.45) is 0. The molecule has 0 atom stereocenters. The van der Waals surface area contributed by atoms with Gasteiger partial charge in [-0.05, 0) is 5.56 Å². The van der Waals surface area contributed by atoms with Gasteiger partial charge >= 0.3 is 7.60 Å². The van der Waals surface area contributed by atoms with Gasteiger partial charge in [-0.2, -0.15) is 0 Å². The van der Waals surface area contributed by atoms with E-state index in [1.165, 1.54) is 14.2 Å². The first kappa shape index (κ1) is 15.4. The number of rotatable bonds is 5. The molecule has 1 rings (SSSR count). The second kappa shape index (κ2) is 5.98. The molecule has 0 saturated heterocycles. The summed E-state index contributed by atoms with van der Waals surface area (Å²) in [4.78, 5) is 0. The van der Waals surface area contributed by atoms with Crippen LogP contribution in [0.3, 0.4) is 0 Å². The zero-order chi connectivity index (χ0) is 13.8. The highest BCUT2D eigenvalue weighted by Crippen LogP contribution is 2.59. The van der Waals surface area contributed by atoms with Crippen molar-refractivity contribution >= 4 is 21.0 Å². The molecule has 1 aromatic rings. The first-order valence-electron chi connectivity index (χ1n) is 5.83. The molecule has 0 heterocycles. The van der Waals surface area contributed by atoms with Crippen molar-refractivity contribution in [1.29, 1.82) is 0 Å². The standard InChI is InChI=1S/C13H21O3PSi/c1-15-17(14,16-2)13(11-18(3,4)5)12-9-7-6-8-10-12/h6-11H,1-5H3/b13-11+. The van der Waals surface area contributed by atoms with Crippen molar-refractivity contribution < 1.29 is 13.6 Å². The minimum atomic E-state index is -3.21. The van der Waals surface area contributed by atoms with Crippen molar-refractivity contribution in [3.63, 3.8) is 0 Å². The topological polar surface area (TPSA) is 35.5 Å². The van der Waals surface area contributed by atoms with Crippen LogP contribution in [0.5, 0.6) is 0 Å². The molecule has 0 aliphatic rings. The number of hydrogen-bond donors (Lipinski definition) is 0. The van der Waals surface area contributed by atoms with Crippen molar-refractivity contribution in [2.45, 2.75) is 19.6 Å². The molecular weight excluding hydrogens is 263 g/mol. The molecule has 0 aliphatic heterocycles. The van der Waals surface area contributed by atoms with Crippen LogP contribution in [-0.2, 0) is 13.6 Å². The third-order valence-electron chi connectivity index (χ3n) is 2.42. The van der Waals surface area contributed by atoms with Crippen molar-refractivity contribution in [1.82, 2.24) is 0 Å². The van der Waals surface area contributed by atoms with Gasteiger partial charge in [0, 0.05) is 14.2 Å². The molecule has 0 radical (unpaired) electrons. The Bertz CT molecular complexity index is 455. The fraction of sp³-hybridized carbons (Fsp3) is 0.385. The molecule has 0 N–H and O–H groups in total. The van der Waals surface area contributed by atoms with Gasteiger partial charge in [-0.3, -0.25) is 4.57 Å². The molecule has 1 aromatic carbocycles. The molecule has 100 valence electrons. The largest absolute Gasteiger partial charge is 0.360 e. The quantitative estimate of drug-likeness (QED) is 0.594. The van der Waals surface area contributed by atoms with E-state index in [4.69, 9.17) is 9.05 Å². The monoisotopic (exact) mass is 284 g/mol. The summed E-state index contributed by atoms with van der Waals surface area (Å²) in [7, 11) is -1.91. The Morgan fingerprint density at radius 3 is 2.00 bits per heavy atom. The Labute approximate surface area is 110 Å². The maximum Gasteiger partial charge on any atom is 0.360 e. The molecule has 18 heavy (non-hydrogen) atoms. The van der Waals surface area contributed by atoms with Crippen LogP contribution < -0.4 is 0 Å². The van der Waals surface area contributed by atoms with Gasteiger partial charge in [-0.1, -0.05) is 55.7 Å². The smallest absolute Gasteiger partial charge is 0.309 e. The fourth-order valence-electron chi connectivity index (χ4n) is 1.61. The second-order valence-electron chi connectivity index (χ2n) is 5.12. The average molecular weight is 284 g/mol. The van der Waals surface area contributed by atoms with Gasteiger partial charge in [-0.15, -0.1) is 0 Å². The van der Waals surface area contributed by atoms with Crippen LogP contribution in [0, 0.1) is 0 Å². The summed E-state index contributed by atoms with van der Waals surface area (Å²) in [6.45, 7) is 6.56. The van der Waals surface area contributed by atoms with E-state index in [1.807, 2.05) is 30.3 Å². The average Bonchev–Trinajstić information content (AvgIpc) is 2.35. The zero-order valence-corrected chi connectivity index (χ0v) is 13.5. The lowest BCUT2D eigenvalue weighted by Crippen LogP contribution is -2.17. The minimum absolute atomic E-state index is 0.673. The van der Waals surface area contributed by atoms with E-state index in [-0.39, 0.29) is 0 Å². The highest BCUT2D eigenvalue weighted by Gasteiger charge is 2.30. The predicted molar refractivity (Wildman–Crippen MR) is 79.4 cm³/mol.